The molecule has 0 spiro atoms. The average molecular weight is 336 g/mol. The van der Waals surface area contributed by atoms with Crippen LogP contribution in [-0.2, 0) is 4.79 Å². The van der Waals surface area contributed by atoms with Crippen LogP contribution in [0.3, 0.4) is 0 Å². The first-order chi connectivity index (χ1) is 10.7. The number of hydrazine groups is 1. The van der Waals surface area contributed by atoms with E-state index in [1.165, 1.54) is 11.3 Å². The molecule has 2 unspecified atom stereocenters. The van der Waals surface area contributed by atoms with Gasteiger partial charge in [-0.25, -0.2) is 16.3 Å². The third-order valence-electron chi connectivity index (χ3n) is 3.23. The van der Waals surface area contributed by atoms with E-state index in [0.717, 1.165) is 14.8 Å². The fourth-order valence-electron chi connectivity index (χ4n) is 2.13. The lowest BCUT2D eigenvalue weighted by atomic mass is 10.1. The molecule has 1 aliphatic heterocycles. The van der Waals surface area contributed by atoms with Crippen molar-refractivity contribution in [1.29, 1.82) is 0 Å². The molecule has 2 aromatic rings. The van der Waals surface area contributed by atoms with Gasteiger partial charge in [-0.05, 0) is 24.6 Å². The number of pyridine rings is 1. The van der Waals surface area contributed by atoms with Crippen molar-refractivity contribution in [3.63, 3.8) is 0 Å². The normalized spacial score (nSPS) is 21.3. The summed E-state index contributed by atoms with van der Waals surface area (Å²) in [5.74, 6) is -0.183. The van der Waals surface area contributed by atoms with Crippen LogP contribution in [0.4, 0.5) is 0 Å². The molecule has 6 nitrogen and oxygen atoms in total. The number of hydrogen-bond donors (Lipinski definition) is 3. The molecular weight excluding hydrogens is 322 g/mol. The summed E-state index contributed by atoms with van der Waals surface area (Å²) < 4.78 is 0.741. The zero-order chi connectivity index (χ0) is 15.4. The van der Waals surface area contributed by atoms with Gasteiger partial charge in [0.1, 0.15) is 6.04 Å². The van der Waals surface area contributed by atoms with Crippen LogP contribution in [0.25, 0.3) is 0 Å². The van der Waals surface area contributed by atoms with E-state index in [9.17, 15) is 4.79 Å². The molecule has 8 heteroatoms. The Morgan fingerprint density at radius 2 is 2.36 bits per heavy atom. The molecule has 1 aliphatic rings. The minimum Gasteiger partial charge on any atom is -0.271 e. The van der Waals surface area contributed by atoms with E-state index in [1.807, 2.05) is 24.3 Å². The Balaban J connectivity index is 1.52. The smallest absolute Gasteiger partial charge is 0.258 e. The molecule has 0 radical (unpaired) electrons. The number of carbonyl (C=O) groups is 1. The van der Waals surface area contributed by atoms with Crippen LogP contribution in [0.5, 0.6) is 0 Å². The standard InChI is InChI=1S/C14H14ClN5OS/c15-13-4-3-12(22-13)10-6-11(19-18-10)14(21)20-17-8-9-2-1-5-16-7-9/h1-5,7-8,10-11,18-19H,6H2,(H,20,21)/b17-8-. The predicted molar refractivity (Wildman–Crippen MR) is 86.7 cm³/mol. The van der Waals surface area contributed by atoms with Crippen LogP contribution in [0, 0.1) is 0 Å². The zero-order valence-corrected chi connectivity index (χ0v) is 13.1. The lowest BCUT2D eigenvalue weighted by molar-refractivity contribution is -0.122. The summed E-state index contributed by atoms with van der Waals surface area (Å²) in [7, 11) is 0. The monoisotopic (exact) mass is 335 g/mol. The number of carbonyl (C=O) groups excluding carboxylic acids is 1. The number of nitrogens with one attached hydrogen (secondary N) is 3. The van der Waals surface area contributed by atoms with Crippen LogP contribution in [0.1, 0.15) is 22.9 Å². The predicted octanol–water partition coefficient (Wildman–Crippen LogP) is 1.85. The summed E-state index contributed by atoms with van der Waals surface area (Å²) in [6.07, 6.45) is 5.55. The number of thiophene rings is 1. The van der Waals surface area contributed by atoms with Crippen LogP contribution in [0.2, 0.25) is 4.34 Å². The molecule has 3 rings (SSSR count). The molecule has 2 atom stereocenters. The van der Waals surface area contributed by atoms with E-state index in [2.05, 4.69) is 26.4 Å². The molecule has 0 saturated carbocycles. The van der Waals surface area contributed by atoms with Crippen molar-refractivity contribution in [1.82, 2.24) is 21.3 Å². The zero-order valence-electron chi connectivity index (χ0n) is 11.5. The SMILES string of the molecule is O=C(N/N=C\c1cccnc1)C1CC(c2ccc(Cl)s2)NN1. The van der Waals surface area contributed by atoms with Crippen molar-refractivity contribution in [3.05, 3.63) is 51.4 Å². The number of hydrogen-bond acceptors (Lipinski definition) is 6. The Kier molecular flexibility index (Phi) is 4.79. The lowest BCUT2D eigenvalue weighted by Crippen LogP contribution is -2.41. The van der Waals surface area contributed by atoms with E-state index in [4.69, 9.17) is 11.6 Å². The van der Waals surface area contributed by atoms with Crippen molar-refractivity contribution >= 4 is 35.1 Å². The van der Waals surface area contributed by atoms with Gasteiger partial charge in [0.05, 0.1) is 16.6 Å². The second-order valence-electron chi connectivity index (χ2n) is 4.79. The first kappa shape index (κ1) is 15.1. The molecule has 1 amide bonds. The molecule has 0 aliphatic carbocycles. The van der Waals surface area contributed by atoms with Crippen LogP contribution in [-0.4, -0.2) is 23.1 Å². The number of hydrazone groups is 1. The number of halogens is 1. The van der Waals surface area contributed by atoms with Gasteiger partial charge in [-0.1, -0.05) is 17.7 Å². The maximum Gasteiger partial charge on any atom is 0.258 e. The van der Waals surface area contributed by atoms with Gasteiger partial charge in [0, 0.05) is 22.8 Å². The Morgan fingerprint density at radius 3 is 3.09 bits per heavy atom. The van der Waals surface area contributed by atoms with E-state index in [1.54, 1.807) is 18.6 Å². The molecule has 3 N–H and O–H groups in total. The highest BCUT2D eigenvalue weighted by Crippen LogP contribution is 2.30. The Hall–Kier alpha value is -1.80. The maximum atomic E-state index is 12.1. The van der Waals surface area contributed by atoms with E-state index in [-0.39, 0.29) is 18.0 Å². The lowest BCUT2D eigenvalue weighted by Gasteiger charge is -2.06. The van der Waals surface area contributed by atoms with E-state index in [0.29, 0.717) is 6.42 Å². The molecule has 22 heavy (non-hydrogen) atoms. The van der Waals surface area contributed by atoms with Crippen LogP contribution >= 0.6 is 22.9 Å². The minimum atomic E-state index is -0.336. The second-order valence-corrected chi connectivity index (χ2v) is 6.54. The highest BCUT2D eigenvalue weighted by atomic mass is 35.5. The summed E-state index contributed by atoms with van der Waals surface area (Å²) in [4.78, 5) is 17.1. The number of aromatic nitrogens is 1. The van der Waals surface area contributed by atoms with Gasteiger partial charge >= 0.3 is 0 Å². The molecule has 3 heterocycles. The molecule has 0 aromatic carbocycles. The van der Waals surface area contributed by atoms with Gasteiger partial charge < -0.3 is 0 Å². The molecule has 1 fully saturated rings. The van der Waals surface area contributed by atoms with Crippen LogP contribution in [0.15, 0.2) is 41.8 Å². The summed E-state index contributed by atoms with van der Waals surface area (Å²) in [5, 5.41) is 3.94. The number of rotatable bonds is 4. The van der Waals surface area contributed by atoms with Crippen molar-refractivity contribution in [2.75, 3.05) is 0 Å². The average Bonchev–Trinajstić information content (AvgIpc) is 3.17. The second kappa shape index (κ2) is 6.97. The topological polar surface area (TPSA) is 78.4 Å². The van der Waals surface area contributed by atoms with Gasteiger partial charge in [-0.3, -0.25) is 9.78 Å². The number of nitrogens with zero attached hydrogens (tertiary/aromatic N) is 2. The third kappa shape index (κ3) is 3.69. The summed E-state index contributed by atoms with van der Waals surface area (Å²) in [6, 6.07) is 7.23. The van der Waals surface area contributed by atoms with E-state index >= 15 is 0 Å². The molecular formula is C14H14ClN5OS. The maximum absolute atomic E-state index is 12.1. The molecule has 2 aromatic heterocycles. The van der Waals surface area contributed by atoms with Gasteiger partial charge in [-0.15, -0.1) is 11.3 Å². The highest BCUT2D eigenvalue weighted by Gasteiger charge is 2.30. The minimum absolute atomic E-state index is 0.0792. The Morgan fingerprint density at radius 1 is 1.45 bits per heavy atom. The molecule has 114 valence electrons. The van der Waals surface area contributed by atoms with Gasteiger partial charge in [-0.2, -0.15) is 5.10 Å². The van der Waals surface area contributed by atoms with Gasteiger partial charge in [0.15, 0.2) is 0 Å². The Labute approximate surface area is 136 Å². The van der Waals surface area contributed by atoms with Gasteiger partial charge in [0.25, 0.3) is 5.91 Å². The van der Waals surface area contributed by atoms with Crippen LogP contribution < -0.4 is 16.3 Å². The fraction of sp³-hybridized carbons (Fsp3) is 0.214. The summed E-state index contributed by atoms with van der Waals surface area (Å²) >= 11 is 7.44. The molecule has 0 bridgehead atoms. The highest BCUT2D eigenvalue weighted by molar-refractivity contribution is 7.16. The van der Waals surface area contributed by atoms with E-state index < -0.39 is 0 Å². The quantitative estimate of drug-likeness (QED) is 0.588. The third-order valence-corrected chi connectivity index (χ3v) is 4.57. The first-order valence-electron chi connectivity index (χ1n) is 6.71. The van der Waals surface area contributed by atoms with Crippen molar-refractivity contribution in [3.8, 4) is 0 Å². The van der Waals surface area contributed by atoms with Crippen molar-refractivity contribution in [2.24, 2.45) is 5.10 Å². The Bertz CT molecular complexity index is 675. The van der Waals surface area contributed by atoms with Crippen molar-refractivity contribution in [2.45, 2.75) is 18.5 Å². The fourth-order valence-corrected chi connectivity index (χ4v) is 3.26. The molecule has 1 saturated heterocycles. The summed E-state index contributed by atoms with van der Waals surface area (Å²) in [6.45, 7) is 0. The number of amides is 1. The van der Waals surface area contributed by atoms with Crippen molar-refractivity contribution < 1.29 is 4.79 Å². The largest absolute Gasteiger partial charge is 0.271 e. The first-order valence-corrected chi connectivity index (χ1v) is 7.91. The van der Waals surface area contributed by atoms with Gasteiger partial charge in [0.2, 0.25) is 0 Å². The summed E-state index contributed by atoms with van der Waals surface area (Å²) in [5.41, 5.74) is 9.44.